The highest BCUT2D eigenvalue weighted by atomic mass is 32.2. The van der Waals surface area contributed by atoms with Crippen molar-refractivity contribution in [3.05, 3.63) is 42.0 Å². The summed E-state index contributed by atoms with van der Waals surface area (Å²) in [5.41, 5.74) is 0.521. The van der Waals surface area contributed by atoms with Crippen LogP contribution in [0, 0.1) is 0 Å². The van der Waals surface area contributed by atoms with Crippen molar-refractivity contribution in [3.63, 3.8) is 0 Å². The number of hydrogen-bond donors (Lipinski definition) is 2. The Morgan fingerprint density at radius 2 is 2.04 bits per heavy atom. The van der Waals surface area contributed by atoms with Crippen LogP contribution in [-0.4, -0.2) is 37.2 Å². The van der Waals surface area contributed by atoms with E-state index in [9.17, 15) is 18.0 Å². The van der Waals surface area contributed by atoms with E-state index in [1.54, 1.807) is 38.1 Å². The van der Waals surface area contributed by atoms with Crippen LogP contribution in [0.1, 0.15) is 25.8 Å². The van der Waals surface area contributed by atoms with Crippen molar-refractivity contribution in [2.45, 2.75) is 37.6 Å². The molecule has 6 nitrogen and oxygen atoms in total. The van der Waals surface area contributed by atoms with Crippen molar-refractivity contribution in [3.8, 4) is 0 Å². The molecule has 0 radical (unpaired) electrons. The van der Waals surface area contributed by atoms with E-state index in [0.29, 0.717) is 5.56 Å². The third-order valence-electron chi connectivity index (χ3n) is 3.24. The predicted octanol–water partition coefficient (Wildman–Crippen LogP) is 1.56. The fourth-order valence-electron chi connectivity index (χ4n) is 1.94. The number of carbonyl (C=O) groups is 2. The van der Waals surface area contributed by atoms with Gasteiger partial charge >= 0.3 is 5.97 Å². The highest BCUT2D eigenvalue weighted by Gasteiger charge is 2.19. The molecule has 1 rings (SSSR count). The Bertz CT molecular complexity index is 694. The SMILES string of the molecule is C/C=C/CC(NC(=O)Cc1cccc(S(=O)(=O)CC)c1)C(=O)O. The summed E-state index contributed by atoms with van der Waals surface area (Å²) in [5.74, 6) is -1.60. The second-order valence-corrected chi connectivity index (χ2v) is 7.27. The molecule has 0 aliphatic heterocycles. The molecule has 0 fully saturated rings. The smallest absolute Gasteiger partial charge is 0.326 e. The number of hydrogen-bond acceptors (Lipinski definition) is 4. The quantitative estimate of drug-likeness (QED) is 0.700. The van der Waals surface area contributed by atoms with Gasteiger partial charge in [0.05, 0.1) is 17.1 Å². The molecule has 0 saturated heterocycles. The minimum atomic E-state index is -3.34. The molecule has 1 amide bonds. The van der Waals surface area contributed by atoms with Gasteiger partial charge in [0.25, 0.3) is 0 Å². The molecule has 0 aliphatic rings. The van der Waals surface area contributed by atoms with Gasteiger partial charge in [-0.3, -0.25) is 4.79 Å². The van der Waals surface area contributed by atoms with Crippen LogP contribution in [0.2, 0.25) is 0 Å². The summed E-state index contributed by atoms with van der Waals surface area (Å²) >= 11 is 0. The van der Waals surface area contributed by atoms with Gasteiger partial charge in [-0.05, 0) is 31.0 Å². The second kappa shape index (κ2) is 8.47. The first kappa shape index (κ1) is 18.9. The number of nitrogens with one attached hydrogen (secondary N) is 1. The fourth-order valence-corrected chi connectivity index (χ4v) is 2.89. The Balaban J connectivity index is 2.81. The molecule has 0 spiro atoms. The minimum Gasteiger partial charge on any atom is -0.480 e. The van der Waals surface area contributed by atoms with Crippen LogP contribution < -0.4 is 5.32 Å². The molecule has 7 heteroatoms. The lowest BCUT2D eigenvalue weighted by atomic mass is 10.1. The lowest BCUT2D eigenvalue weighted by Crippen LogP contribution is -2.41. The van der Waals surface area contributed by atoms with Crippen LogP contribution in [0.4, 0.5) is 0 Å². The van der Waals surface area contributed by atoms with E-state index in [2.05, 4.69) is 5.32 Å². The van der Waals surface area contributed by atoms with Gasteiger partial charge in [-0.15, -0.1) is 0 Å². The van der Waals surface area contributed by atoms with Gasteiger partial charge in [0.15, 0.2) is 9.84 Å². The van der Waals surface area contributed by atoms with E-state index in [1.165, 1.54) is 12.1 Å². The Kier molecular flexibility index (Phi) is 6.96. The van der Waals surface area contributed by atoms with Crippen LogP contribution in [0.5, 0.6) is 0 Å². The third-order valence-corrected chi connectivity index (χ3v) is 4.98. The maximum absolute atomic E-state index is 12.0. The van der Waals surface area contributed by atoms with Gasteiger partial charge in [-0.2, -0.15) is 0 Å². The molecule has 1 atom stereocenters. The Labute approximate surface area is 136 Å². The van der Waals surface area contributed by atoms with E-state index in [-0.39, 0.29) is 23.5 Å². The Morgan fingerprint density at radius 3 is 2.61 bits per heavy atom. The molecular weight excluding hydrogens is 318 g/mol. The minimum absolute atomic E-state index is 0.0207. The molecule has 1 unspecified atom stereocenters. The van der Waals surface area contributed by atoms with Gasteiger partial charge in [0.1, 0.15) is 6.04 Å². The molecule has 2 N–H and O–H groups in total. The molecule has 1 aromatic rings. The zero-order valence-electron chi connectivity index (χ0n) is 13.2. The Hall–Kier alpha value is -2.15. The van der Waals surface area contributed by atoms with Crippen LogP contribution in [0.3, 0.4) is 0 Å². The topological polar surface area (TPSA) is 101 Å². The molecule has 0 heterocycles. The second-order valence-electron chi connectivity index (χ2n) is 4.99. The molecule has 0 saturated carbocycles. The van der Waals surface area contributed by atoms with Crippen molar-refractivity contribution < 1.29 is 23.1 Å². The molecule has 0 bridgehead atoms. The van der Waals surface area contributed by atoms with Crippen LogP contribution in [-0.2, 0) is 25.8 Å². The first-order valence-corrected chi connectivity index (χ1v) is 8.90. The number of carbonyl (C=O) groups excluding carboxylic acids is 1. The van der Waals surface area contributed by atoms with E-state index in [1.807, 2.05) is 0 Å². The molecule has 1 aromatic carbocycles. The monoisotopic (exact) mass is 339 g/mol. The number of carboxylic acids is 1. The normalized spacial score (nSPS) is 13.0. The number of benzene rings is 1. The largest absolute Gasteiger partial charge is 0.480 e. The predicted molar refractivity (Wildman–Crippen MR) is 86.9 cm³/mol. The van der Waals surface area contributed by atoms with Gasteiger partial charge in [-0.1, -0.05) is 31.2 Å². The third kappa shape index (κ3) is 5.86. The molecule has 0 aromatic heterocycles. The van der Waals surface area contributed by atoms with Gasteiger partial charge < -0.3 is 10.4 Å². The van der Waals surface area contributed by atoms with Crippen LogP contribution >= 0.6 is 0 Å². The maximum Gasteiger partial charge on any atom is 0.326 e. The summed E-state index contributed by atoms with van der Waals surface area (Å²) in [6.07, 6.45) is 3.49. The van der Waals surface area contributed by atoms with Crippen molar-refractivity contribution in [2.24, 2.45) is 0 Å². The summed E-state index contributed by atoms with van der Waals surface area (Å²) < 4.78 is 23.7. The summed E-state index contributed by atoms with van der Waals surface area (Å²) in [6, 6.07) is 5.13. The Morgan fingerprint density at radius 1 is 1.35 bits per heavy atom. The number of amides is 1. The van der Waals surface area contributed by atoms with Gasteiger partial charge in [-0.25, -0.2) is 13.2 Å². The lowest BCUT2D eigenvalue weighted by Gasteiger charge is -2.13. The van der Waals surface area contributed by atoms with Crippen molar-refractivity contribution >= 4 is 21.7 Å². The molecular formula is C16H21NO5S. The molecule has 23 heavy (non-hydrogen) atoms. The maximum atomic E-state index is 12.0. The molecule has 0 aliphatic carbocycles. The van der Waals surface area contributed by atoms with Gasteiger partial charge in [0, 0.05) is 0 Å². The average molecular weight is 339 g/mol. The zero-order valence-corrected chi connectivity index (χ0v) is 14.0. The van der Waals surface area contributed by atoms with Crippen LogP contribution in [0.15, 0.2) is 41.3 Å². The van der Waals surface area contributed by atoms with E-state index in [4.69, 9.17) is 5.11 Å². The summed E-state index contributed by atoms with van der Waals surface area (Å²) in [7, 11) is -3.34. The van der Waals surface area contributed by atoms with Crippen molar-refractivity contribution in [2.75, 3.05) is 5.75 Å². The lowest BCUT2D eigenvalue weighted by molar-refractivity contribution is -0.141. The van der Waals surface area contributed by atoms with E-state index >= 15 is 0 Å². The zero-order chi connectivity index (χ0) is 17.5. The summed E-state index contributed by atoms with van der Waals surface area (Å²) in [4.78, 5) is 23.2. The van der Waals surface area contributed by atoms with Gasteiger partial charge in [0.2, 0.25) is 5.91 Å². The molecule has 126 valence electrons. The number of allylic oxidation sites excluding steroid dienone is 1. The van der Waals surface area contributed by atoms with E-state index in [0.717, 1.165) is 0 Å². The highest BCUT2D eigenvalue weighted by Crippen LogP contribution is 2.13. The van der Waals surface area contributed by atoms with Crippen LogP contribution in [0.25, 0.3) is 0 Å². The highest BCUT2D eigenvalue weighted by molar-refractivity contribution is 7.91. The number of sulfone groups is 1. The van der Waals surface area contributed by atoms with Crippen molar-refractivity contribution in [1.82, 2.24) is 5.32 Å². The summed E-state index contributed by atoms with van der Waals surface area (Å²) in [5, 5.41) is 11.5. The average Bonchev–Trinajstić information content (AvgIpc) is 2.51. The number of carboxylic acid groups (broad SMARTS) is 1. The number of aliphatic carboxylic acids is 1. The fraction of sp³-hybridized carbons (Fsp3) is 0.375. The first-order valence-electron chi connectivity index (χ1n) is 7.25. The van der Waals surface area contributed by atoms with E-state index < -0.39 is 27.8 Å². The standard InChI is InChI=1S/C16H21NO5S/c1-3-5-9-14(16(19)20)17-15(18)11-12-7-6-8-13(10-12)23(21,22)4-2/h3,5-8,10,14H,4,9,11H2,1-2H3,(H,17,18)(H,19,20)/b5-3+. The number of rotatable bonds is 8. The first-order chi connectivity index (χ1) is 10.8. The van der Waals surface area contributed by atoms with Crippen molar-refractivity contribution in [1.29, 1.82) is 0 Å². The summed E-state index contributed by atoms with van der Waals surface area (Å²) in [6.45, 7) is 3.31.